The van der Waals surface area contributed by atoms with E-state index in [4.69, 9.17) is 18.9 Å². The lowest BCUT2D eigenvalue weighted by molar-refractivity contribution is -0.170. The molecule has 0 N–H and O–H groups in total. The van der Waals surface area contributed by atoms with Crippen molar-refractivity contribution in [3.05, 3.63) is 12.2 Å². The summed E-state index contributed by atoms with van der Waals surface area (Å²) in [6.45, 7) is 4.13. The summed E-state index contributed by atoms with van der Waals surface area (Å²) in [4.78, 5) is 35.3. The van der Waals surface area contributed by atoms with Crippen LogP contribution in [0, 0.1) is 5.92 Å². The van der Waals surface area contributed by atoms with Gasteiger partial charge in [0.15, 0.2) is 12.7 Å². The Balaban J connectivity index is 2.12. The number of esters is 3. The first-order valence-electron chi connectivity index (χ1n) is 7.59. The summed E-state index contributed by atoms with van der Waals surface area (Å²) in [5.74, 6) is -3.61. The molecule has 146 valence electrons. The van der Waals surface area contributed by atoms with Crippen molar-refractivity contribution in [1.82, 2.24) is 0 Å². The van der Waals surface area contributed by atoms with Crippen molar-refractivity contribution in [3.8, 4) is 0 Å². The van der Waals surface area contributed by atoms with E-state index in [1.54, 1.807) is 0 Å². The van der Waals surface area contributed by atoms with Gasteiger partial charge in [0.2, 0.25) is 0 Å². The van der Waals surface area contributed by atoms with Crippen LogP contribution >= 0.6 is 0 Å². The Bertz CT molecular complexity index is 632. The van der Waals surface area contributed by atoms with Gasteiger partial charge in [-0.2, -0.15) is 0 Å². The highest BCUT2D eigenvalue weighted by molar-refractivity contribution is 7.79. The number of methoxy groups -OCH3 is 2. The Kier molecular flexibility index (Phi) is 6.50. The monoisotopic (exact) mass is 391 g/mol. The number of hydrogen-bond acceptors (Lipinski definition) is 10. The van der Waals surface area contributed by atoms with Crippen LogP contribution in [0.1, 0.15) is 6.92 Å². The van der Waals surface area contributed by atoms with Gasteiger partial charge in [-0.15, -0.1) is 0 Å². The highest BCUT2D eigenvalue weighted by Gasteiger charge is 2.65. The minimum atomic E-state index is -2.63. The number of fused-ring (bicyclic) bond motifs is 2. The average Bonchev–Trinajstić information content (AvgIpc) is 3.14. The second kappa shape index (κ2) is 8.25. The Hall–Kier alpha value is -1.82. The van der Waals surface area contributed by atoms with E-state index in [0.29, 0.717) is 0 Å². The Labute approximate surface area is 152 Å². The Morgan fingerprint density at radius 2 is 1.85 bits per heavy atom. The van der Waals surface area contributed by atoms with Crippen molar-refractivity contribution >= 4 is 29.0 Å². The van der Waals surface area contributed by atoms with Crippen molar-refractivity contribution in [2.24, 2.45) is 5.92 Å². The van der Waals surface area contributed by atoms with Crippen molar-refractivity contribution in [3.63, 3.8) is 0 Å². The summed E-state index contributed by atoms with van der Waals surface area (Å²) in [7, 11) is 2.42. The molecule has 0 spiro atoms. The molecule has 7 unspecified atom stereocenters. The quantitative estimate of drug-likeness (QED) is 0.226. The summed E-state index contributed by atoms with van der Waals surface area (Å²) < 4.78 is 48.4. The molecule has 0 aliphatic carbocycles. The van der Waals surface area contributed by atoms with Crippen molar-refractivity contribution in [1.29, 1.82) is 0 Å². The predicted molar refractivity (Wildman–Crippen MR) is 83.3 cm³/mol. The zero-order valence-corrected chi connectivity index (χ0v) is 15.2. The SMILES string of the molecule is C=C(C)C(=O)OCC(=O)OC1C(OC)C2OC1C(C(=O)OC)C2S(=O)[O-]. The van der Waals surface area contributed by atoms with E-state index in [1.165, 1.54) is 14.0 Å². The number of rotatable bonds is 7. The van der Waals surface area contributed by atoms with Crippen LogP contribution in [0.15, 0.2) is 12.2 Å². The molecule has 26 heavy (non-hydrogen) atoms. The van der Waals surface area contributed by atoms with Gasteiger partial charge in [-0.3, -0.25) is 9.00 Å². The summed E-state index contributed by atoms with van der Waals surface area (Å²) in [6.07, 6.45) is -4.00. The molecular weight excluding hydrogens is 372 g/mol. The predicted octanol–water partition coefficient (Wildman–Crippen LogP) is -1.15. The fraction of sp³-hybridized carbons (Fsp3) is 0.667. The van der Waals surface area contributed by atoms with Gasteiger partial charge < -0.3 is 28.2 Å². The molecule has 0 aromatic rings. The van der Waals surface area contributed by atoms with Crippen LogP contribution in [0.5, 0.6) is 0 Å². The van der Waals surface area contributed by atoms with Gasteiger partial charge in [-0.05, 0) is 18.0 Å². The minimum absolute atomic E-state index is 0.113. The van der Waals surface area contributed by atoms with Gasteiger partial charge in [0.1, 0.15) is 24.2 Å². The van der Waals surface area contributed by atoms with E-state index in [-0.39, 0.29) is 5.57 Å². The first kappa shape index (κ1) is 20.5. The molecule has 2 aliphatic heterocycles. The Morgan fingerprint density at radius 1 is 1.19 bits per heavy atom. The number of carbonyl (C=O) groups excluding carboxylic acids is 3. The van der Waals surface area contributed by atoms with Crippen molar-refractivity contribution < 1.29 is 46.8 Å². The van der Waals surface area contributed by atoms with Gasteiger partial charge in [0.25, 0.3) is 0 Å². The molecule has 2 rings (SSSR count). The van der Waals surface area contributed by atoms with Gasteiger partial charge in [-0.1, -0.05) is 6.58 Å². The fourth-order valence-electron chi connectivity index (χ4n) is 3.12. The van der Waals surface area contributed by atoms with Crippen LogP contribution in [0.25, 0.3) is 0 Å². The third kappa shape index (κ3) is 3.80. The maximum absolute atomic E-state index is 12.0. The lowest BCUT2D eigenvalue weighted by Crippen LogP contribution is -2.55. The Morgan fingerprint density at radius 3 is 2.35 bits per heavy atom. The zero-order chi connectivity index (χ0) is 19.6. The van der Waals surface area contributed by atoms with E-state index in [1.807, 2.05) is 0 Å². The highest BCUT2D eigenvalue weighted by Crippen LogP contribution is 2.44. The molecule has 2 saturated heterocycles. The smallest absolute Gasteiger partial charge is 0.344 e. The molecule has 2 bridgehead atoms. The minimum Gasteiger partial charge on any atom is -0.772 e. The molecule has 0 amide bonds. The third-order valence-corrected chi connectivity index (χ3v) is 5.23. The number of hydrogen-bond donors (Lipinski definition) is 0. The van der Waals surface area contributed by atoms with Crippen LogP contribution in [0.2, 0.25) is 0 Å². The lowest BCUT2D eigenvalue weighted by atomic mass is 9.84. The number of ether oxygens (including phenoxy) is 5. The maximum Gasteiger partial charge on any atom is 0.344 e. The van der Waals surface area contributed by atoms with E-state index < -0.39 is 71.2 Å². The molecule has 7 atom stereocenters. The van der Waals surface area contributed by atoms with Crippen molar-refractivity contribution in [2.45, 2.75) is 36.6 Å². The molecule has 0 radical (unpaired) electrons. The van der Waals surface area contributed by atoms with E-state index in [2.05, 4.69) is 11.3 Å². The maximum atomic E-state index is 12.0. The lowest BCUT2D eigenvalue weighted by Gasteiger charge is -2.36. The summed E-state index contributed by atoms with van der Waals surface area (Å²) in [5, 5.41) is -1.19. The van der Waals surface area contributed by atoms with Gasteiger partial charge >= 0.3 is 17.9 Å². The molecular formula is C15H19O10S-. The van der Waals surface area contributed by atoms with Crippen LogP contribution in [-0.4, -0.2) is 77.2 Å². The second-order valence-electron chi connectivity index (χ2n) is 5.85. The zero-order valence-electron chi connectivity index (χ0n) is 14.4. The first-order valence-corrected chi connectivity index (χ1v) is 8.73. The molecule has 2 heterocycles. The third-order valence-electron chi connectivity index (χ3n) is 4.22. The van der Waals surface area contributed by atoms with Crippen LogP contribution in [0.4, 0.5) is 0 Å². The standard InChI is InChI=1S/C15H20O10S/c1-6(2)14(17)23-5-7(16)24-11-9-8(15(18)22-4)13(26(19)20)12(25-9)10(11)21-3/h8-13H,1,5H2,2-4H3,(H,19,20)/p-1. The van der Waals surface area contributed by atoms with E-state index in [9.17, 15) is 23.1 Å². The van der Waals surface area contributed by atoms with Crippen LogP contribution in [-0.2, 0) is 49.1 Å². The fourth-order valence-corrected chi connectivity index (χ4v) is 4.07. The molecule has 0 aromatic carbocycles. The van der Waals surface area contributed by atoms with Gasteiger partial charge in [-0.25, -0.2) is 9.59 Å². The van der Waals surface area contributed by atoms with E-state index >= 15 is 0 Å². The summed E-state index contributed by atoms with van der Waals surface area (Å²) in [6, 6.07) is 0. The molecule has 0 saturated carbocycles. The summed E-state index contributed by atoms with van der Waals surface area (Å²) >= 11 is -2.63. The van der Waals surface area contributed by atoms with E-state index in [0.717, 1.165) is 7.11 Å². The molecule has 10 nitrogen and oxygen atoms in total. The molecule has 2 fully saturated rings. The van der Waals surface area contributed by atoms with Gasteiger partial charge in [0, 0.05) is 12.7 Å². The molecule has 2 aliphatic rings. The molecule has 0 aromatic heterocycles. The highest BCUT2D eigenvalue weighted by atomic mass is 32.2. The van der Waals surface area contributed by atoms with Crippen LogP contribution < -0.4 is 0 Å². The van der Waals surface area contributed by atoms with Crippen LogP contribution in [0.3, 0.4) is 0 Å². The normalized spacial score (nSPS) is 33.4. The number of carbonyl (C=O) groups is 3. The van der Waals surface area contributed by atoms with Gasteiger partial charge in [0.05, 0.1) is 12.4 Å². The largest absolute Gasteiger partial charge is 0.772 e. The summed E-state index contributed by atoms with van der Waals surface area (Å²) in [5.41, 5.74) is 0.113. The first-order chi connectivity index (χ1) is 12.2. The van der Waals surface area contributed by atoms with Crippen molar-refractivity contribution in [2.75, 3.05) is 20.8 Å². The topological polar surface area (TPSA) is 137 Å². The molecule has 11 heteroatoms. The average molecular weight is 391 g/mol. The second-order valence-corrected chi connectivity index (χ2v) is 6.92.